The number of esters is 1. The highest BCUT2D eigenvalue weighted by Gasteiger charge is 2.30. The van der Waals surface area contributed by atoms with Gasteiger partial charge in [0.15, 0.2) is 6.61 Å². The molecular weight excluding hydrogens is 328 g/mol. The summed E-state index contributed by atoms with van der Waals surface area (Å²) in [7, 11) is 0. The van der Waals surface area contributed by atoms with Gasteiger partial charge in [-0.05, 0) is 37.7 Å². The van der Waals surface area contributed by atoms with E-state index in [9.17, 15) is 14.4 Å². The van der Waals surface area contributed by atoms with Crippen molar-refractivity contribution in [2.75, 3.05) is 11.9 Å². The number of ether oxygens (including phenoxy) is 1. The minimum Gasteiger partial charge on any atom is -0.452 e. The average molecular weight is 350 g/mol. The topological polar surface area (TPSA) is 98.5 Å². The third-order valence-corrected chi connectivity index (χ3v) is 5.89. The Labute approximate surface area is 144 Å². The molecule has 6 nitrogen and oxygen atoms in total. The van der Waals surface area contributed by atoms with Gasteiger partial charge in [0, 0.05) is 10.8 Å². The number of hydrogen-bond acceptors (Lipinski definition) is 5. The van der Waals surface area contributed by atoms with E-state index in [2.05, 4.69) is 5.32 Å². The molecule has 0 aromatic carbocycles. The summed E-state index contributed by atoms with van der Waals surface area (Å²) in [6.07, 6.45) is 7.84. The first-order valence-corrected chi connectivity index (χ1v) is 9.28. The molecule has 2 amide bonds. The lowest BCUT2D eigenvalue weighted by atomic mass is 9.89. The van der Waals surface area contributed by atoms with Crippen LogP contribution in [-0.4, -0.2) is 24.4 Å². The smallest absolute Gasteiger partial charge is 0.341 e. The van der Waals surface area contributed by atoms with Crippen LogP contribution in [0.3, 0.4) is 0 Å². The number of nitrogens with one attached hydrogen (secondary N) is 1. The second kappa shape index (κ2) is 7.34. The molecular formula is C17H22N2O4S. The number of nitrogens with two attached hydrogens (primary N) is 1. The fraction of sp³-hybridized carbons (Fsp3) is 0.588. The molecule has 1 fully saturated rings. The predicted molar refractivity (Wildman–Crippen MR) is 91.0 cm³/mol. The van der Waals surface area contributed by atoms with Crippen LogP contribution in [0.2, 0.25) is 0 Å². The normalized spacial score (nSPS) is 17.3. The molecule has 0 saturated heterocycles. The Morgan fingerprint density at radius 1 is 1.12 bits per heavy atom. The summed E-state index contributed by atoms with van der Waals surface area (Å²) in [6.45, 7) is -0.445. The van der Waals surface area contributed by atoms with E-state index in [4.69, 9.17) is 10.5 Å². The number of thiophene rings is 1. The van der Waals surface area contributed by atoms with E-state index >= 15 is 0 Å². The van der Waals surface area contributed by atoms with Crippen LogP contribution in [0.15, 0.2) is 0 Å². The maximum absolute atomic E-state index is 12.5. The molecule has 0 atom stereocenters. The average Bonchev–Trinajstić information content (AvgIpc) is 3.14. The first-order valence-electron chi connectivity index (χ1n) is 8.47. The summed E-state index contributed by atoms with van der Waals surface area (Å²) >= 11 is 1.45. The first kappa shape index (κ1) is 17.0. The number of amides is 2. The standard InChI is InChI=1S/C17H22N2O4S/c18-13(20)9-23-17(22)14-11-7-4-8-12(11)24-16(14)19-15(21)10-5-2-1-3-6-10/h10H,1-9H2,(H2,18,20)(H,19,21). The van der Waals surface area contributed by atoms with Gasteiger partial charge in [-0.1, -0.05) is 19.3 Å². The lowest BCUT2D eigenvalue weighted by Crippen LogP contribution is -2.26. The summed E-state index contributed by atoms with van der Waals surface area (Å²) in [5.74, 6) is -1.26. The van der Waals surface area contributed by atoms with Crippen molar-refractivity contribution in [3.63, 3.8) is 0 Å². The van der Waals surface area contributed by atoms with Crippen molar-refractivity contribution in [2.45, 2.75) is 51.4 Å². The van der Waals surface area contributed by atoms with E-state index in [1.807, 2.05) is 0 Å². The molecule has 1 heterocycles. The van der Waals surface area contributed by atoms with E-state index in [1.54, 1.807) is 0 Å². The highest BCUT2D eigenvalue weighted by atomic mass is 32.1. The summed E-state index contributed by atoms with van der Waals surface area (Å²) in [5.41, 5.74) is 6.41. The Bertz CT molecular complexity index is 662. The Balaban J connectivity index is 1.78. The molecule has 1 saturated carbocycles. The van der Waals surface area contributed by atoms with Crippen LogP contribution in [0.5, 0.6) is 0 Å². The lowest BCUT2D eigenvalue weighted by molar-refractivity contribution is -0.121. The molecule has 0 unspecified atom stereocenters. The van der Waals surface area contributed by atoms with Crippen LogP contribution in [0.4, 0.5) is 5.00 Å². The van der Waals surface area contributed by atoms with Gasteiger partial charge in [-0.2, -0.15) is 0 Å². The Hall–Kier alpha value is -1.89. The number of fused-ring (bicyclic) bond motifs is 1. The number of rotatable bonds is 5. The van der Waals surface area contributed by atoms with Crippen molar-refractivity contribution in [3.8, 4) is 0 Å². The Morgan fingerprint density at radius 3 is 2.58 bits per heavy atom. The van der Waals surface area contributed by atoms with Crippen LogP contribution >= 0.6 is 11.3 Å². The fourth-order valence-electron chi connectivity index (χ4n) is 3.50. The molecule has 0 aliphatic heterocycles. The monoisotopic (exact) mass is 350 g/mol. The molecule has 2 aliphatic carbocycles. The van der Waals surface area contributed by atoms with Gasteiger partial charge in [0.25, 0.3) is 5.91 Å². The lowest BCUT2D eigenvalue weighted by Gasteiger charge is -2.20. The molecule has 1 aromatic heterocycles. The van der Waals surface area contributed by atoms with Gasteiger partial charge < -0.3 is 15.8 Å². The van der Waals surface area contributed by atoms with Gasteiger partial charge in [0.2, 0.25) is 5.91 Å². The highest BCUT2D eigenvalue weighted by molar-refractivity contribution is 7.17. The molecule has 0 spiro atoms. The van der Waals surface area contributed by atoms with Crippen molar-refractivity contribution in [1.29, 1.82) is 0 Å². The van der Waals surface area contributed by atoms with Crippen molar-refractivity contribution >= 4 is 34.1 Å². The van der Waals surface area contributed by atoms with Crippen molar-refractivity contribution in [1.82, 2.24) is 0 Å². The number of carbonyl (C=O) groups is 3. The third-order valence-electron chi connectivity index (χ3n) is 4.68. The van der Waals surface area contributed by atoms with Gasteiger partial charge in [-0.3, -0.25) is 9.59 Å². The van der Waals surface area contributed by atoms with Gasteiger partial charge in [-0.25, -0.2) is 4.79 Å². The molecule has 24 heavy (non-hydrogen) atoms. The summed E-state index contributed by atoms with van der Waals surface area (Å²) in [6, 6.07) is 0. The molecule has 0 bridgehead atoms. The zero-order valence-electron chi connectivity index (χ0n) is 13.6. The van der Waals surface area contributed by atoms with E-state index in [0.29, 0.717) is 10.6 Å². The molecule has 2 aliphatic rings. The molecule has 1 aromatic rings. The van der Waals surface area contributed by atoms with E-state index < -0.39 is 18.5 Å². The van der Waals surface area contributed by atoms with Crippen LogP contribution in [0.25, 0.3) is 0 Å². The van der Waals surface area contributed by atoms with Crippen molar-refractivity contribution < 1.29 is 19.1 Å². The van der Waals surface area contributed by atoms with E-state index in [0.717, 1.165) is 55.4 Å². The molecule has 3 rings (SSSR count). The summed E-state index contributed by atoms with van der Waals surface area (Å²) < 4.78 is 4.98. The number of primary amides is 1. The molecule has 130 valence electrons. The van der Waals surface area contributed by atoms with Gasteiger partial charge in [0.05, 0.1) is 5.56 Å². The highest BCUT2D eigenvalue weighted by Crippen LogP contribution is 2.40. The first-order chi connectivity index (χ1) is 11.6. The predicted octanol–water partition coefficient (Wildman–Crippen LogP) is 2.40. The van der Waals surface area contributed by atoms with Crippen LogP contribution in [-0.2, 0) is 27.2 Å². The fourth-order valence-corrected chi connectivity index (χ4v) is 4.78. The Morgan fingerprint density at radius 2 is 1.88 bits per heavy atom. The molecule has 7 heteroatoms. The quantitative estimate of drug-likeness (QED) is 0.797. The largest absolute Gasteiger partial charge is 0.452 e. The summed E-state index contributed by atoms with van der Waals surface area (Å²) in [4.78, 5) is 36.9. The van der Waals surface area contributed by atoms with Crippen LogP contribution in [0.1, 0.15) is 59.3 Å². The van der Waals surface area contributed by atoms with Gasteiger partial charge in [-0.15, -0.1) is 11.3 Å². The van der Waals surface area contributed by atoms with E-state index in [-0.39, 0.29) is 11.8 Å². The van der Waals surface area contributed by atoms with Gasteiger partial charge in [0.1, 0.15) is 5.00 Å². The van der Waals surface area contributed by atoms with Crippen LogP contribution < -0.4 is 11.1 Å². The van der Waals surface area contributed by atoms with Crippen molar-refractivity contribution in [3.05, 3.63) is 16.0 Å². The molecule has 3 N–H and O–H groups in total. The minimum atomic E-state index is -0.692. The minimum absolute atomic E-state index is 0.0152. The number of anilines is 1. The van der Waals surface area contributed by atoms with Crippen LogP contribution in [0, 0.1) is 5.92 Å². The second-order valence-corrected chi connectivity index (χ2v) is 7.53. The zero-order chi connectivity index (χ0) is 17.1. The number of aryl methyl sites for hydroxylation is 1. The maximum Gasteiger partial charge on any atom is 0.341 e. The maximum atomic E-state index is 12.5. The summed E-state index contributed by atoms with van der Waals surface area (Å²) in [5, 5.41) is 3.50. The second-order valence-electron chi connectivity index (χ2n) is 6.43. The van der Waals surface area contributed by atoms with E-state index in [1.165, 1.54) is 17.8 Å². The van der Waals surface area contributed by atoms with Crippen molar-refractivity contribution in [2.24, 2.45) is 11.7 Å². The third kappa shape index (κ3) is 3.61. The SMILES string of the molecule is NC(=O)COC(=O)c1c(NC(=O)C2CCCCC2)sc2c1CCC2. The molecule has 0 radical (unpaired) electrons. The number of carbonyl (C=O) groups excluding carboxylic acids is 3. The number of hydrogen-bond donors (Lipinski definition) is 2. The van der Waals surface area contributed by atoms with Gasteiger partial charge >= 0.3 is 5.97 Å². The zero-order valence-corrected chi connectivity index (χ0v) is 14.4. The Kier molecular flexibility index (Phi) is 5.18.